The standard InChI is InChI=1S/C46H30N2O/c1-27-40-35-22-11-16-29-17-12-24-38(41(29)35)49-39(40)26-47-46(27)48-37-23-10-9-21-34(37)43-33-20-8-7-19-32(33)42-31-18-6-5-15-30(31)25-36(44(42)45(43)48)28-13-3-2-4-14-28/h2-24,26,36H,25H2,1H3. The fourth-order valence-corrected chi connectivity index (χ4v) is 8.97. The van der Waals surface area contributed by atoms with Crippen LogP contribution < -0.4 is 4.74 Å². The van der Waals surface area contributed by atoms with Crippen molar-refractivity contribution in [3.63, 3.8) is 0 Å². The second-order valence-electron chi connectivity index (χ2n) is 13.4. The Labute approximate surface area is 283 Å². The molecule has 0 bridgehead atoms. The van der Waals surface area contributed by atoms with E-state index in [0.717, 1.165) is 45.8 Å². The minimum atomic E-state index is 0.170. The molecule has 3 nitrogen and oxygen atoms in total. The minimum Gasteiger partial charge on any atom is -0.454 e. The molecule has 2 aliphatic rings. The van der Waals surface area contributed by atoms with E-state index in [9.17, 15) is 0 Å². The molecule has 11 rings (SSSR count). The van der Waals surface area contributed by atoms with Gasteiger partial charge in [-0.2, -0.15) is 0 Å². The predicted octanol–water partition coefficient (Wildman–Crippen LogP) is 11.9. The van der Waals surface area contributed by atoms with Gasteiger partial charge in [-0.1, -0.05) is 127 Å². The lowest BCUT2D eigenvalue weighted by molar-refractivity contribution is 0.484. The number of hydrogen-bond donors (Lipinski definition) is 0. The van der Waals surface area contributed by atoms with Crippen molar-refractivity contribution in [1.29, 1.82) is 0 Å². The summed E-state index contributed by atoms with van der Waals surface area (Å²) in [6, 6.07) is 50.8. The number of pyridine rings is 1. The second-order valence-corrected chi connectivity index (χ2v) is 13.4. The average Bonchev–Trinajstić information content (AvgIpc) is 3.50. The molecule has 7 aromatic carbocycles. The van der Waals surface area contributed by atoms with Crippen LogP contribution in [-0.4, -0.2) is 9.55 Å². The number of hydrogen-bond acceptors (Lipinski definition) is 2. The summed E-state index contributed by atoms with van der Waals surface area (Å²) in [6.45, 7) is 2.22. The van der Waals surface area contributed by atoms with Crippen LogP contribution >= 0.6 is 0 Å². The van der Waals surface area contributed by atoms with Crippen LogP contribution in [0.4, 0.5) is 0 Å². The number of aromatic nitrogens is 2. The zero-order valence-corrected chi connectivity index (χ0v) is 26.9. The lowest BCUT2D eigenvalue weighted by Gasteiger charge is -2.31. The van der Waals surface area contributed by atoms with E-state index < -0.39 is 0 Å². The summed E-state index contributed by atoms with van der Waals surface area (Å²) in [5.41, 5.74) is 12.6. The highest BCUT2D eigenvalue weighted by Gasteiger charge is 2.34. The molecule has 1 aliphatic carbocycles. The summed E-state index contributed by atoms with van der Waals surface area (Å²) < 4.78 is 9.04. The van der Waals surface area contributed by atoms with Crippen LogP contribution in [0.3, 0.4) is 0 Å². The fourth-order valence-electron chi connectivity index (χ4n) is 8.97. The number of para-hydroxylation sites is 1. The smallest absolute Gasteiger partial charge is 0.154 e. The van der Waals surface area contributed by atoms with Gasteiger partial charge in [0.25, 0.3) is 0 Å². The SMILES string of the molecule is Cc1c(-n2c3ccccc3c3c4ccccc4c4c(c32)C(c2ccccc2)Cc2ccccc2-4)ncc2c1-c1cccc3cccc(c13)O2. The van der Waals surface area contributed by atoms with Crippen LogP contribution in [0, 0.1) is 6.92 Å². The van der Waals surface area contributed by atoms with Crippen molar-refractivity contribution in [3.05, 3.63) is 168 Å². The minimum absolute atomic E-state index is 0.170. The van der Waals surface area contributed by atoms with Gasteiger partial charge >= 0.3 is 0 Å². The first-order chi connectivity index (χ1) is 24.3. The highest BCUT2D eigenvalue weighted by molar-refractivity contribution is 6.26. The van der Waals surface area contributed by atoms with E-state index in [0.29, 0.717) is 0 Å². The molecule has 230 valence electrons. The third-order valence-corrected chi connectivity index (χ3v) is 11.0. The number of fused-ring (bicyclic) bond motifs is 12. The van der Waals surface area contributed by atoms with Crippen LogP contribution in [0.15, 0.2) is 146 Å². The molecule has 0 spiro atoms. The zero-order chi connectivity index (χ0) is 32.2. The van der Waals surface area contributed by atoms with Crippen LogP contribution in [0.5, 0.6) is 11.5 Å². The molecule has 49 heavy (non-hydrogen) atoms. The van der Waals surface area contributed by atoms with E-state index in [1.54, 1.807) is 0 Å². The van der Waals surface area contributed by atoms with Gasteiger partial charge in [0.15, 0.2) is 5.75 Å². The summed E-state index contributed by atoms with van der Waals surface area (Å²) in [5.74, 6) is 2.80. The molecule has 0 radical (unpaired) electrons. The van der Waals surface area contributed by atoms with Gasteiger partial charge in [-0.05, 0) is 75.0 Å². The number of ether oxygens (including phenoxy) is 1. The molecule has 1 unspecified atom stereocenters. The van der Waals surface area contributed by atoms with Crippen molar-refractivity contribution in [2.24, 2.45) is 0 Å². The van der Waals surface area contributed by atoms with Gasteiger partial charge < -0.3 is 4.74 Å². The van der Waals surface area contributed by atoms with Crippen molar-refractivity contribution in [3.8, 4) is 39.6 Å². The van der Waals surface area contributed by atoms with Crippen LogP contribution in [-0.2, 0) is 6.42 Å². The summed E-state index contributed by atoms with van der Waals surface area (Å²) in [4.78, 5) is 5.28. The third-order valence-electron chi connectivity index (χ3n) is 11.0. The molecule has 3 heterocycles. The van der Waals surface area contributed by atoms with Gasteiger partial charge in [-0.15, -0.1) is 0 Å². The molecule has 0 saturated carbocycles. The molecule has 0 fully saturated rings. The first-order valence-electron chi connectivity index (χ1n) is 17.1. The molecule has 0 N–H and O–H groups in total. The van der Waals surface area contributed by atoms with E-state index in [2.05, 4.69) is 151 Å². The Balaban J connectivity index is 1.34. The van der Waals surface area contributed by atoms with Crippen molar-refractivity contribution in [1.82, 2.24) is 9.55 Å². The highest BCUT2D eigenvalue weighted by Crippen LogP contribution is 2.54. The Morgan fingerprint density at radius 1 is 0.612 bits per heavy atom. The van der Waals surface area contributed by atoms with Gasteiger partial charge in [-0.3, -0.25) is 4.57 Å². The van der Waals surface area contributed by atoms with Crippen molar-refractivity contribution < 1.29 is 4.74 Å². The first kappa shape index (κ1) is 26.8. The lowest BCUT2D eigenvalue weighted by atomic mass is 9.73. The maximum Gasteiger partial charge on any atom is 0.154 e. The molecule has 1 aliphatic heterocycles. The maximum absolute atomic E-state index is 6.57. The Morgan fingerprint density at radius 3 is 2.20 bits per heavy atom. The van der Waals surface area contributed by atoms with E-state index in [1.165, 1.54) is 65.8 Å². The Bertz CT molecular complexity index is 2840. The van der Waals surface area contributed by atoms with Crippen LogP contribution in [0.1, 0.15) is 28.2 Å². The molecule has 0 amide bonds. The van der Waals surface area contributed by atoms with E-state index in [-0.39, 0.29) is 5.92 Å². The van der Waals surface area contributed by atoms with Gasteiger partial charge in [0.1, 0.15) is 11.6 Å². The van der Waals surface area contributed by atoms with Gasteiger partial charge in [-0.25, -0.2) is 4.98 Å². The highest BCUT2D eigenvalue weighted by atomic mass is 16.5. The van der Waals surface area contributed by atoms with Crippen molar-refractivity contribution >= 4 is 43.4 Å². The molecule has 2 aromatic heterocycles. The zero-order valence-electron chi connectivity index (χ0n) is 26.9. The number of nitrogens with zero attached hydrogens (tertiary/aromatic N) is 2. The number of rotatable bonds is 2. The quantitative estimate of drug-likeness (QED) is 0.191. The van der Waals surface area contributed by atoms with Crippen LogP contribution in [0.25, 0.3) is 71.4 Å². The third kappa shape index (κ3) is 3.59. The lowest BCUT2D eigenvalue weighted by Crippen LogP contribution is -2.15. The molecular formula is C46H30N2O. The van der Waals surface area contributed by atoms with E-state index in [4.69, 9.17) is 9.72 Å². The number of benzene rings is 7. The maximum atomic E-state index is 6.57. The largest absolute Gasteiger partial charge is 0.454 e. The van der Waals surface area contributed by atoms with Crippen LogP contribution in [0.2, 0.25) is 0 Å². The molecule has 1 atom stereocenters. The Hall–Kier alpha value is -6.19. The second kappa shape index (κ2) is 9.91. The van der Waals surface area contributed by atoms with Crippen molar-refractivity contribution in [2.75, 3.05) is 0 Å². The van der Waals surface area contributed by atoms with E-state index in [1.807, 2.05) is 6.20 Å². The molecule has 9 aromatic rings. The van der Waals surface area contributed by atoms with Crippen molar-refractivity contribution in [2.45, 2.75) is 19.3 Å². The monoisotopic (exact) mass is 626 g/mol. The fraction of sp³-hybridized carbons (Fsp3) is 0.0652. The summed E-state index contributed by atoms with van der Waals surface area (Å²) in [7, 11) is 0. The summed E-state index contributed by atoms with van der Waals surface area (Å²) in [5, 5.41) is 7.43. The Morgan fingerprint density at radius 2 is 1.33 bits per heavy atom. The summed E-state index contributed by atoms with van der Waals surface area (Å²) >= 11 is 0. The topological polar surface area (TPSA) is 27.1 Å². The molecule has 3 heteroatoms. The Kier molecular flexibility index (Phi) is 5.43. The predicted molar refractivity (Wildman–Crippen MR) is 201 cm³/mol. The van der Waals surface area contributed by atoms with E-state index >= 15 is 0 Å². The van der Waals surface area contributed by atoms with Gasteiger partial charge in [0, 0.05) is 33.2 Å². The molecule has 0 saturated heterocycles. The van der Waals surface area contributed by atoms with Gasteiger partial charge in [0.2, 0.25) is 0 Å². The first-order valence-corrected chi connectivity index (χ1v) is 17.1. The molecular weight excluding hydrogens is 597 g/mol. The average molecular weight is 627 g/mol. The van der Waals surface area contributed by atoms with Gasteiger partial charge in [0.05, 0.1) is 17.2 Å². The summed E-state index contributed by atoms with van der Waals surface area (Å²) in [6.07, 6.45) is 2.87. The normalized spacial score (nSPS) is 14.5.